The summed E-state index contributed by atoms with van der Waals surface area (Å²) in [5.74, 6) is -0.503. The van der Waals surface area contributed by atoms with E-state index in [9.17, 15) is 9.59 Å². The Hall–Kier alpha value is -1.52. The van der Waals surface area contributed by atoms with Crippen molar-refractivity contribution in [3.05, 3.63) is 12.2 Å². The van der Waals surface area contributed by atoms with Gasteiger partial charge in [-0.3, -0.25) is 0 Å². The Balaban J connectivity index is 4.45. The number of amides is 1. The van der Waals surface area contributed by atoms with Crippen LogP contribution in [0.3, 0.4) is 0 Å². The maximum absolute atomic E-state index is 11.5. The molecule has 1 atom stereocenters. The smallest absolute Gasteiger partial charge is 0.408 e. The molecule has 0 radical (unpaired) electrons. The lowest BCUT2D eigenvalue weighted by Gasteiger charge is -2.21. The lowest BCUT2D eigenvalue weighted by molar-refractivity contribution is -0.144. The fraction of sp³-hybridized carbons (Fsp3) is 0.667. The van der Waals surface area contributed by atoms with E-state index in [0.717, 1.165) is 0 Å². The second kappa shape index (κ2) is 6.93. The van der Waals surface area contributed by atoms with E-state index >= 15 is 0 Å². The number of allylic oxidation sites excluding steroid dienone is 1. The van der Waals surface area contributed by atoms with E-state index in [1.165, 1.54) is 0 Å². The predicted octanol–water partition coefficient (Wildman–Crippen LogP) is 2.02. The first kappa shape index (κ1) is 15.5. The van der Waals surface area contributed by atoms with Crippen LogP contribution in [0.2, 0.25) is 0 Å². The summed E-state index contributed by atoms with van der Waals surface area (Å²) in [4.78, 5) is 23.0. The Labute approximate surface area is 102 Å². The molecule has 0 bridgehead atoms. The van der Waals surface area contributed by atoms with Gasteiger partial charge in [0.25, 0.3) is 0 Å². The molecule has 98 valence electrons. The lowest BCUT2D eigenvalue weighted by atomic mass is 10.2. The van der Waals surface area contributed by atoms with Crippen molar-refractivity contribution < 1.29 is 19.1 Å². The number of nitrogens with one attached hydrogen (secondary N) is 1. The summed E-state index contributed by atoms with van der Waals surface area (Å²) in [5.41, 5.74) is -0.598. The van der Waals surface area contributed by atoms with Crippen LogP contribution < -0.4 is 5.32 Å². The number of rotatable bonds is 4. The summed E-state index contributed by atoms with van der Waals surface area (Å²) >= 11 is 0. The number of ether oxygens (including phenoxy) is 2. The molecule has 1 N–H and O–H groups in total. The predicted molar refractivity (Wildman–Crippen MR) is 64.6 cm³/mol. The third-order valence-electron chi connectivity index (χ3n) is 1.60. The van der Waals surface area contributed by atoms with E-state index in [1.54, 1.807) is 46.8 Å². The molecule has 0 aromatic rings. The van der Waals surface area contributed by atoms with Gasteiger partial charge in [0.1, 0.15) is 11.6 Å². The molecule has 5 nitrogen and oxygen atoms in total. The molecule has 0 aliphatic heterocycles. The molecule has 0 heterocycles. The van der Waals surface area contributed by atoms with Crippen LogP contribution in [0.15, 0.2) is 12.2 Å². The normalized spacial score (nSPS) is 13.2. The van der Waals surface area contributed by atoms with Gasteiger partial charge < -0.3 is 14.8 Å². The number of esters is 1. The molecule has 17 heavy (non-hydrogen) atoms. The maximum atomic E-state index is 11.5. The molecular weight excluding hydrogens is 222 g/mol. The highest BCUT2D eigenvalue weighted by atomic mass is 16.6. The zero-order valence-electron chi connectivity index (χ0n) is 11.1. The summed E-state index contributed by atoms with van der Waals surface area (Å²) in [6.07, 6.45) is 2.56. The first-order chi connectivity index (χ1) is 7.80. The van der Waals surface area contributed by atoms with Crippen LogP contribution in [0.4, 0.5) is 4.79 Å². The Morgan fingerprint density at radius 2 is 1.94 bits per heavy atom. The van der Waals surface area contributed by atoms with Gasteiger partial charge in [-0.25, -0.2) is 9.59 Å². The molecule has 0 spiro atoms. The van der Waals surface area contributed by atoms with E-state index in [1.807, 2.05) is 0 Å². The number of carbonyl (C=O) groups is 2. The maximum Gasteiger partial charge on any atom is 0.408 e. The standard InChI is InChI=1S/C12H21NO4/c1-6-8-9(10(14)16-7-2)13-11(15)17-12(3,4)5/h6,8-9H,7H2,1-5H3,(H,13,15). The van der Waals surface area contributed by atoms with Crippen molar-refractivity contribution in [2.24, 2.45) is 0 Å². The number of carbonyl (C=O) groups excluding carboxylic acids is 2. The Bertz CT molecular complexity index is 291. The zero-order valence-corrected chi connectivity index (χ0v) is 11.1. The highest BCUT2D eigenvalue weighted by Gasteiger charge is 2.22. The second-order valence-electron chi connectivity index (χ2n) is 4.40. The van der Waals surface area contributed by atoms with Gasteiger partial charge in [0.05, 0.1) is 6.61 Å². The van der Waals surface area contributed by atoms with Gasteiger partial charge in [-0.15, -0.1) is 0 Å². The molecule has 0 saturated carbocycles. The molecule has 0 aliphatic rings. The topological polar surface area (TPSA) is 64.6 Å². The molecule has 5 heteroatoms. The highest BCUT2D eigenvalue weighted by molar-refractivity contribution is 5.83. The Kier molecular flexibility index (Phi) is 6.31. The Morgan fingerprint density at radius 3 is 2.35 bits per heavy atom. The van der Waals surface area contributed by atoms with E-state index in [2.05, 4.69) is 5.32 Å². The third-order valence-corrected chi connectivity index (χ3v) is 1.60. The van der Waals surface area contributed by atoms with Gasteiger partial charge in [0.15, 0.2) is 0 Å². The van der Waals surface area contributed by atoms with Crippen molar-refractivity contribution in [1.29, 1.82) is 0 Å². The zero-order chi connectivity index (χ0) is 13.5. The van der Waals surface area contributed by atoms with E-state index in [-0.39, 0.29) is 6.61 Å². The SMILES string of the molecule is CC=CC(NC(=O)OC(C)(C)C)C(=O)OCC. The van der Waals surface area contributed by atoms with Crippen LogP contribution in [0.25, 0.3) is 0 Å². The van der Waals surface area contributed by atoms with E-state index < -0.39 is 23.7 Å². The molecule has 1 unspecified atom stereocenters. The van der Waals surface area contributed by atoms with Crippen molar-refractivity contribution in [2.45, 2.75) is 46.3 Å². The molecule has 0 fully saturated rings. The van der Waals surface area contributed by atoms with Crippen molar-refractivity contribution in [3.8, 4) is 0 Å². The summed E-state index contributed by atoms with van der Waals surface area (Å²) in [5, 5.41) is 2.44. The summed E-state index contributed by atoms with van der Waals surface area (Å²) in [6.45, 7) is 8.98. The van der Waals surface area contributed by atoms with Crippen LogP contribution in [0, 0.1) is 0 Å². The average Bonchev–Trinajstić information content (AvgIpc) is 2.14. The van der Waals surface area contributed by atoms with Gasteiger partial charge in [0, 0.05) is 0 Å². The minimum absolute atomic E-state index is 0.267. The fourth-order valence-electron chi connectivity index (χ4n) is 1.04. The second-order valence-corrected chi connectivity index (χ2v) is 4.40. The van der Waals surface area contributed by atoms with Crippen LogP contribution in [0.1, 0.15) is 34.6 Å². The minimum atomic E-state index is -0.810. The highest BCUT2D eigenvalue weighted by Crippen LogP contribution is 2.07. The summed E-state index contributed by atoms with van der Waals surface area (Å²) in [6, 6.07) is -0.810. The quantitative estimate of drug-likeness (QED) is 0.606. The summed E-state index contributed by atoms with van der Waals surface area (Å²) in [7, 11) is 0. The third kappa shape index (κ3) is 7.38. The molecule has 0 aromatic carbocycles. The molecule has 0 saturated heterocycles. The van der Waals surface area contributed by atoms with Crippen LogP contribution in [0.5, 0.6) is 0 Å². The summed E-state index contributed by atoms with van der Waals surface area (Å²) < 4.78 is 9.88. The fourth-order valence-corrected chi connectivity index (χ4v) is 1.04. The average molecular weight is 243 g/mol. The van der Waals surface area contributed by atoms with Crippen LogP contribution >= 0.6 is 0 Å². The van der Waals surface area contributed by atoms with Crippen molar-refractivity contribution in [2.75, 3.05) is 6.61 Å². The van der Waals surface area contributed by atoms with Gasteiger partial charge in [-0.1, -0.05) is 12.2 Å². The number of hydrogen-bond donors (Lipinski definition) is 1. The van der Waals surface area contributed by atoms with Crippen molar-refractivity contribution in [3.63, 3.8) is 0 Å². The van der Waals surface area contributed by atoms with Crippen molar-refractivity contribution in [1.82, 2.24) is 5.32 Å². The minimum Gasteiger partial charge on any atom is -0.464 e. The number of hydrogen-bond acceptors (Lipinski definition) is 4. The molecule has 1 amide bonds. The number of alkyl carbamates (subject to hydrolysis) is 1. The van der Waals surface area contributed by atoms with Crippen molar-refractivity contribution >= 4 is 12.1 Å². The van der Waals surface area contributed by atoms with Crippen LogP contribution in [-0.4, -0.2) is 30.3 Å². The van der Waals surface area contributed by atoms with Gasteiger partial charge in [-0.05, 0) is 34.6 Å². The largest absolute Gasteiger partial charge is 0.464 e. The molecular formula is C12H21NO4. The van der Waals surface area contributed by atoms with E-state index in [4.69, 9.17) is 9.47 Å². The monoisotopic (exact) mass is 243 g/mol. The molecule has 0 rings (SSSR count). The molecule has 0 aromatic heterocycles. The lowest BCUT2D eigenvalue weighted by Crippen LogP contribution is -2.43. The Morgan fingerprint density at radius 1 is 1.35 bits per heavy atom. The van der Waals surface area contributed by atoms with Gasteiger partial charge in [0.2, 0.25) is 0 Å². The molecule has 0 aliphatic carbocycles. The first-order valence-corrected chi connectivity index (χ1v) is 5.59. The first-order valence-electron chi connectivity index (χ1n) is 5.59. The van der Waals surface area contributed by atoms with Gasteiger partial charge in [-0.2, -0.15) is 0 Å². The van der Waals surface area contributed by atoms with Crippen LogP contribution in [-0.2, 0) is 14.3 Å². The van der Waals surface area contributed by atoms with Gasteiger partial charge >= 0.3 is 12.1 Å². The van der Waals surface area contributed by atoms with E-state index in [0.29, 0.717) is 0 Å².